The smallest absolute Gasteiger partial charge is 0.266 e. The van der Waals surface area contributed by atoms with Crippen molar-refractivity contribution in [2.45, 2.75) is 13.0 Å². The second-order valence-corrected chi connectivity index (χ2v) is 6.10. The fourth-order valence-electron chi connectivity index (χ4n) is 1.92. The van der Waals surface area contributed by atoms with Crippen LogP contribution < -0.4 is 10.1 Å². The van der Waals surface area contributed by atoms with Gasteiger partial charge >= 0.3 is 0 Å². The van der Waals surface area contributed by atoms with Gasteiger partial charge < -0.3 is 4.74 Å². The molecule has 0 aliphatic heterocycles. The molecule has 1 amide bonds. The monoisotopic (exact) mass is 332 g/mol. The Hall–Kier alpha value is -2.11. The first-order valence-corrected chi connectivity index (χ1v) is 7.90. The van der Waals surface area contributed by atoms with Crippen LogP contribution in [0.15, 0.2) is 48.5 Å². The van der Waals surface area contributed by atoms with Crippen LogP contribution in [0, 0.1) is 0 Å². The number of ether oxygens (including phenoxy) is 1. The molecule has 0 saturated carbocycles. The Labute approximate surface area is 136 Å². The Bertz CT molecular complexity index is 786. The van der Waals surface area contributed by atoms with Crippen molar-refractivity contribution in [2.24, 2.45) is 0 Å². The summed E-state index contributed by atoms with van der Waals surface area (Å²) in [4.78, 5) is 16.6. The molecule has 1 atom stereocenters. The molecule has 1 heterocycles. The molecule has 0 fully saturated rings. The standard InChI is InChI=1S/C16H13ClN2O2S/c1-10(21-13-8-4-2-6-11(13)17)15(20)19-16-18-12-7-3-5-9-14(12)22-16/h2-10H,1H3,(H,18,19,20). The molecule has 1 N–H and O–H groups in total. The molecular weight excluding hydrogens is 320 g/mol. The SMILES string of the molecule is CC(Oc1ccccc1Cl)C(=O)Nc1nc2ccccc2s1. The van der Waals surface area contributed by atoms with E-state index >= 15 is 0 Å². The van der Waals surface area contributed by atoms with Crippen molar-refractivity contribution >= 4 is 44.2 Å². The summed E-state index contributed by atoms with van der Waals surface area (Å²) in [6.45, 7) is 1.67. The molecule has 4 nitrogen and oxygen atoms in total. The average molecular weight is 333 g/mol. The number of carbonyl (C=O) groups excluding carboxylic acids is 1. The molecule has 0 bridgehead atoms. The van der Waals surface area contributed by atoms with E-state index in [1.54, 1.807) is 31.2 Å². The van der Waals surface area contributed by atoms with E-state index in [9.17, 15) is 4.79 Å². The van der Waals surface area contributed by atoms with Crippen molar-refractivity contribution < 1.29 is 9.53 Å². The van der Waals surface area contributed by atoms with Gasteiger partial charge in [-0.2, -0.15) is 0 Å². The van der Waals surface area contributed by atoms with Crippen molar-refractivity contribution in [1.29, 1.82) is 0 Å². The van der Waals surface area contributed by atoms with E-state index in [1.165, 1.54) is 11.3 Å². The quantitative estimate of drug-likeness (QED) is 0.772. The highest BCUT2D eigenvalue weighted by atomic mass is 35.5. The van der Waals surface area contributed by atoms with Crippen LogP contribution in [-0.4, -0.2) is 17.0 Å². The maximum atomic E-state index is 12.2. The van der Waals surface area contributed by atoms with Crippen LogP contribution in [0.4, 0.5) is 5.13 Å². The lowest BCUT2D eigenvalue weighted by molar-refractivity contribution is -0.122. The highest BCUT2D eigenvalue weighted by Crippen LogP contribution is 2.27. The van der Waals surface area contributed by atoms with Gasteiger partial charge in [-0.1, -0.05) is 47.2 Å². The molecule has 0 radical (unpaired) electrons. The van der Waals surface area contributed by atoms with Crippen molar-refractivity contribution in [3.05, 3.63) is 53.6 Å². The fraction of sp³-hybridized carbons (Fsp3) is 0.125. The molecule has 1 aromatic heterocycles. The second kappa shape index (κ2) is 6.34. The largest absolute Gasteiger partial charge is 0.479 e. The predicted octanol–water partition coefficient (Wildman–Crippen LogP) is 4.36. The first kappa shape index (κ1) is 14.8. The Balaban J connectivity index is 1.69. The minimum atomic E-state index is -0.674. The lowest BCUT2D eigenvalue weighted by Gasteiger charge is -2.14. The van der Waals surface area contributed by atoms with Gasteiger partial charge in [0.2, 0.25) is 0 Å². The summed E-state index contributed by atoms with van der Waals surface area (Å²) in [6.07, 6.45) is -0.674. The minimum Gasteiger partial charge on any atom is -0.479 e. The highest BCUT2D eigenvalue weighted by molar-refractivity contribution is 7.22. The number of hydrogen-bond acceptors (Lipinski definition) is 4. The van der Waals surface area contributed by atoms with Gasteiger partial charge in [-0.25, -0.2) is 4.98 Å². The number of thiazole rings is 1. The van der Waals surface area contributed by atoms with Gasteiger partial charge in [0, 0.05) is 0 Å². The lowest BCUT2D eigenvalue weighted by atomic mass is 10.3. The average Bonchev–Trinajstić information content (AvgIpc) is 2.91. The minimum absolute atomic E-state index is 0.265. The van der Waals surface area contributed by atoms with Gasteiger partial charge in [0.25, 0.3) is 5.91 Å². The summed E-state index contributed by atoms with van der Waals surface area (Å²) < 4.78 is 6.61. The van der Waals surface area contributed by atoms with Gasteiger partial charge in [0.15, 0.2) is 11.2 Å². The van der Waals surface area contributed by atoms with Crippen LogP contribution in [0.5, 0.6) is 5.75 Å². The fourth-order valence-corrected chi connectivity index (χ4v) is 2.97. The molecule has 0 aliphatic rings. The maximum Gasteiger partial charge on any atom is 0.266 e. The third-order valence-electron chi connectivity index (χ3n) is 3.03. The maximum absolute atomic E-state index is 12.2. The molecular formula is C16H13ClN2O2S. The summed E-state index contributed by atoms with van der Waals surface area (Å²) in [6, 6.07) is 14.8. The normalized spacial score (nSPS) is 12.1. The van der Waals surface area contributed by atoms with Crippen molar-refractivity contribution in [2.75, 3.05) is 5.32 Å². The number of fused-ring (bicyclic) bond motifs is 1. The predicted molar refractivity (Wildman–Crippen MR) is 89.8 cm³/mol. The summed E-state index contributed by atoms with van der Waals surface area (Å²) in [5, 5.41) is 3.80. The number of hydrogen-bond donors (Lipinski definition) is 1. The molecule has 0 aliphatic carbocycles. The van der Waals surface area contributed by atoms with E-state index in [4.69, 9.17) is 16.3 Å². The zero-order valence-electron chi connectivity index (χ0n) is 11.7. The van der Waals surface area contributed by atoms with Crippen molar-refractivity contribution in [1.82, 2.24) is 4.98 Å². The van der Waals surface area contributed by atoms with Gasteiger partial charge in [0.1, 0.15) is 5.75 Å². The number of anilines is 1. The van der Waals surface area contributed by atoms with Crippen molar-refractivity contribution in [3.63, 3.8) is 0 Å². The number of nitrogens with one attached hydrogen (secondary N) is 1. The van der Waals surface area contributed by atoms with Gasteiger partial charge in [0.05, 0.1) is 15.2 Å². The summed E-state index contributed by atoms with van der Waals surface area (Å²) in [5.74, 6) is 0.218. The zero-order valence-corrected chi connectivity index (χ0v) is 13.3. The molecule has 2 aromatic carbocycles. The Kier molecular flexibility index (Phi) is 4.27. The summed E-state index contributed by atoms with van der Waals surface area (Å²) in [5.41, 5.74) is 0.863. The van der Waals surface area contributed by atoms with Crippen LogP contribution in [0.25, 0.3) is 10.2 Å². The third-order valence-corrected chi connectivity index (χ3v) is 4.30. The molecule has 3 aromatic rings. The number of aromatic nitrogens is 1. The number of para-hydroxylation sites is 2. The number of amides is 1. The van der Waals surface area contributed by atoms with Crippen LogP contribution in [0.2, 0.25) is 5.02 Å². The highest BCUT2D eigenvalue weighted by Gasteiger charge is 2.17. The van der Waals surface area contributed by atoms with Gasteiger partial charge in [-0.3, -0.25) is 10.1 Å². The number of halogens is 1. The van der Waals surface area contributed by atoms with Crippen LogP contribution in [-0.2, 0) is 4.79 Å². The Morgan fingerprint density at radius 2 is 1.95 bits per heavy atom. The molecule has 112 valence electrons. The molecule has 1 unspecified atom stereocenters. The van der Waals surface area contributed by atoms with Crippen molar-refractivity contribution in [3.8, 4) is 5.75 Å². The number of nitrogens with zero attached hydrogens (tertiary/aromatic N) is 1. The van der Waals surface area contributed by atoms with Crippen LogP contribution >= 0.6 is 22.9 Å². The van der Waals surface area contributed by atoms with E-state index in [0.717, 1.165) is 10.2 Å². The molecule has 3 rings (SSSR count). The first-order valence-electron chi connectivity index (χ1n) is 6.71. The summed E-state index contributed by atoms with van der Waals surface area (Å²) in [7, 11) is 0. The number of carbonyl (C=O) groups is 1. The van der Waals surface area contributed by atoms with E-state index in [1.807, 2.05) is 24.3 Å². The molecule has 0 saturated heterocycles. The Morgan fingerprint density at radius 3 is 2.73 bits per heavy atom. The van der Waals surface area contributed by atoms with E-state index < -0.39 is 6.10 Å². The summed E-state index contributed by atoms with van der Waals surface area (Å²) >= 11 is 7.45. The van der Waals surface area contributed by atoms with E-state index in [-0.39, 0.29) is 5.91 Å². The van der Waals surface area contributed by atoms with Gasteiger partial charge in [-0.05, 0) is 31.2 Å². The zero-order chi connectivity index (χ0) is 15.5. The van der Waals surface area contributed by atoms with E-state index in [2.05, 4.69) is 10.3 Å². The molecule has 22 heavy (non-hydrogen) atoms. The van der Waals surface area contributed by atoms with E-state index in [0.29, 0.717) is 15.9 Å². The first-order chi connectivity index (χ1) is 10.6. The van der Waals surface area contributed by atoms with Gasteiger partial charge in [-0.15, -0.1) is 0 Å². The van der Waals surface area contributed by atoms with Crippen LogP contribution in [0.3, 0.4) is 0 Å². The van der Waals surface area contributed by atoms with Crippen LogP contribution in [0.1, 0.15) is 6.92 Å². The Morgan fingerprint density at radius 1 is 1.23 bits per heavy atom. The molecule has 0 spiro atoms. The number of rotatable bonds is 4. The topological polar surface area (TPSA) is 51.2 Å². The molecule has 6 heteroatoms. The lowest BCUT2D eigenvalue weighted by Crippen LogP contribution is -2.30. The second-order valence-electron chi connectivity index (χ2n) is 4.67. The number of benzene rings is 2. The third kappa shape index (κ3) is 3.21.